The summed E-state index contributed by atoms with van der Waals surface area (Å²) in [5.41, 5.74) is 2.88. The van der Waals surface area contributed by atoms with E-state index in [0.29, 0.717) is 53.3 Å². The van der Waals surface area contributed by atoms with Crippen molar-refractivity contribution in [3.8, 4) is 28.5 Å². The zero-order valence-corrected chi connectivity index (χ0v) is 18.7. The van der Waals surface area contributed by atoms with Crippen molar-refractivity contribution in [2.75, 3.05) is 25.5 Å². The molecule has 4 rings (SSSR count). The summed E-state index contributed by atoms with van der Waals surface area (Å²) in [6.45, 7) is 4.91. The maximum atomic E-state index is 12.5. The Labute approximate surface area is 191 Å². The first-order valence-corrected chi connectivity index (χ1v) is 10.6. The van der Waals surface area contributed by atoms with E-state index >= 15 is 0 Å². The second kappa shape index (κ2) is 10.1. The monoisotopic (exact) mass is 447 g/mol. The van der Waals surface area contributed by atoms with E-state index in [2.05, 4.69) is 20.7 Å². The number of aromatic nitrogens is 3. The van der Waals surface area contributed by atoms with Gasteiger partial charge in [0.1, 0.15) is 22.8 Å². The molecule has 33 heavy (non-hydrogen) atoms. The van der Waals surface area contributed by atoms with Crippen molar-refractivity contribution in [3.63, 3.8) is 0 Å². The molecule has 0 aliphatic heterocycles. The van der Waals surface area contributed by atoms with Crippen LogP contribution in [0.15, 0.2) is 63.5 Å². The normalized spacial score (nSPS) is 11.0. The molecule has 0 aliphatic rings. The number of anilines is 1. The lowest BCUT2D eigenvalue weighted by Crippen LogP contribution is -2.32. The summed E-state index contributed by atoms with van der Waals surface area (Å²) in [5.74, 6) is 1.86. The number of ether oxygens (including phenoxy) is 1. The van der Waals surface area contributed by atoms with Gasteiger partial charge in [0.2, 0.25) is 11.8 Å². The van der Waals surface area contributed by atoms with Gasteiger partial charge in [-0.15, -0.1) is 10.2 Å². The predicted molar refractivity (Wildman–Crippen MR) is 123 cm³/mol. The molecule has 0 aliphatic carbocycles. The van der Waals surface area contributed by atoms with Gasteiger partial charge in [0.15, 0.2) is 0 Å². The molecule has 2 heterocycles. The molecule has 9 heteroatoms. The number of hydrogen-bond acceptors (Lipinski definition) is 8. The third kappa shape index (κ3) is 5.27. The molecule has 0 bridgehead atoms. The van der Waals surface area contributed by atoms with Gasteiger partial charge in [-0.05, 0) is 25.6 Å². The average Bonchev–Trinajstić information content (AvgIpc) is 3.45. The fraction of sp³-hybridized carbons (Fsp3) is 0.250. The summed E-state index contributed by atoms with van der Waals surface area (Å²) >= 11 is 0. The van der Waals surface area contributed by atoms with Crippen LogP contribution in [0.3, 0.4) is 0 Å². The molecule has 0 radical (unpaired) electrons. The van der Waals surface area contributed by atoms with Crippen LogP contribution in [-0.4, -0.2) is 46.4 Å². The summed E-state index contributed by atoms with van der Waals surface area (Å²) in [7, 11) is 1.59. The molecule has 2 aromatic carbocycles. The lowest BCUT2D eigenvalue weighted by atomic mass is 10.1. The zero-order valence-electron chi connectivity index (χ0n) is 18.7. The van der Waals surface area contributed by atoms with Crippen LogP contribution < -0.4 is 10.1 Å². The van der Waals surface area contributed by atoms with Gasteiger partial charge >= 0.3 is 0 Å². The number of carbonyl (C=O) groups is 1. The standard InChI is InChI=1S/C24H25N5O4/c1-4-29(14-20(30)25-18-11-8-12-19(13-18)31-3)15-21-26-27-24(32-21)22-16(2)33-28-23(22)17-9-6-5-7-10-17/h5-13H,4,14-15H2,1-3H3,(H,25,30). The van der Waals surface area contributed by atoms with Crippen LogP contribution in [0.5, 0.6) is 5.75 Å². The Kier molecular flexibility index (Phi) is 6.80. The van der Waals surface area contributed by atoms with E-state index in [1.807, 2.05) is 60.4 Å². The number of nitrogens with zero attached hydrogens (tertiary/aromatic N) is 4. The molecule has 0 spiro atoms. The van der Waals surface area contributed by atoms with Crippen molar-refractivity contribution in [3.05, 3.63) is 66.2 Å². The number of rotatable bonds is 9. The van der Waals surface area contributed by atoms with Gasteiger partial charge in [0.25, 0.3) is 5.89 Å². The van der Waals surface area contributed by atoms with E-state index in [-0.39, 0.29) is 12.5 Å². The van der Waals surface area contributed by atoms with Crippen molar-refractivity contribution in [2.24, 2.45) is 0 Å². The summed E-state index contributed by atoms with van der Waals surface area (Å²) in [5, 5.41) is 15.4. The van der Waals surface area contributed by atoms with Crippen LogP contribution in [0.1, 0.15) is 18.6 Å². The van der Waals surface area contributed by atoms with Gasteiger partial charge in [-0.3, -0.25) is 9.69 Å². The quantitative estimate of drug-likeness (QED) is 0.407. The summed E-state index contributed by atoms with van der Waals surface area (Å²) < 4.78 is 16.5. The second-order valence-electron chi connectivity index (χ2n) is 7.41. The molecule has 0 saturated heterocycles. The second-order valence-corrected chi connectivity index (χ2v) is 7.41. The molecule has 0 atom stereocenters. The SMILES string of the molecule is CCN(CC(=O)Nc1cccc(OC)c1)Cc1nnc(-c2c(-c3ccccc3)noc2C)o1. The molecule has 0 saturated carbocycles. The molecule has 1 amide bonds. The lowest BCUT2D eigenvalue weighted by molar-refractivity contribution is -0.117. The van der Waals surface area contributed by atoms with Crippen LogP contribution in [0.2, 0.25) is 0 Å². The van der Waals surface area contributed by atoms with Crippen LogP contribution in [-0.2, 0) is 11.3 Å². The van der Waals surface area contributed by atoms with Gasteiger partial charge in [-0.1, -0.05) is 48.5 Å². The number of carbonyl (C=O) groups excluding carboxylic acids is 1. The Morgan fingerprint density at radius 3 is 2.70 bits per heavy atom. The van der Waals surface area contributed by atoms with Crippen molar-refractivity contribution in [1.29, 1.82) is 0 Å². The molecular formula is C24H25N5O4. The van der Waals surface area contributed by atoms with Gasteiger partial charge in [-0.2, -0.15) is 0 Å². The molecule has 4 aromatic rings. The number of likely N-dealkylation sites (N-methyl/N-ethyl adjacent to an activating group) is 1. The third-order valence-corrected chi connectivity index (χ3v) is 5.12. The van der Waals surface area contributed by atoms with Crippen molar-refractivity contribution >= 4 is 11.6 Å². The molecule has 0 fully saturated rings. The first-order chi connectivity index (χ1) is 16.1. The number of methoxy groups -OCH3 is 1. The van der Waals surface area contributed by atoms with Crippen LogP contribution in [0.25, 0.3) is 22.7 Å². The Hall–Kier alpha value is -3.98. The Balaban J connectivity index is 1.44. The number of amides is 1. The fourth-order valence-electron chi connectivity index (χ4n) is 3.41. The molecule has 0 unspecified atom stereocenters. The lowest BCUT2D eigenvalue weighted by Gasteiger charge is -2.17. The highest BCUT2D eigenvalue weighted by Gasteiger charge is 2.22. The average molecular weight is 447 g/mol. The molecule has 1 N–H and O–H groups in total. The number of aryl methyl sites for hydroxylation is 1. The number of nitrogens with one attached hydrogen (secondary N) is 1. The smallest absolute Gasteiger partial charge is 0.253 e. The highest BCUT2D eigenvalue weighted by Crippen LogP contribution is 2.33. The van der Waals surface area contributed by atoms with Crippen molar-refractivity contribution in [2.45, 2.75) is 20.4 Å². The van der Waals surface area contributed by atoms with Crippen molar-refractivity contribution < 1.29 is 18.5 Å². The van der Waals surface area contributed by atoms with Gasteiger partial charge in [0.05, 0.1) is 20.2 Å². The first-order valence-electron chi connectivity index (χ1n) is 10.6. The Morgan fingerprint density at radius 1 is 1.12 bits per heavy atom. The van der Waals surface area contributed by atoms with Gasteiger partial charge in [-0.25, -0.2) is 0 Å². The maximum absolute atomic E-state index is 12.5. The summed E-state index contributed by atoms with van der Waals surface area (Å²) in [4.78, 5) is 14.4. The van der Waals surface area contributed by atoms with E-state index in [9.17, 15) is 4.79 Å². The van der Waals surface area contributed by atoms with Crippen LogP contribution in [0.4, 0.5) is 5.69 Å². The van der Waals surface area contributed by atoms with E-state index in [1.54, 1.807) is 20.1 Å². The van der Waals surface area contributed by atoms with Crippen LogP contribution in [0, 0.1) is 6.92 Å². The molecule has 2 aromatic heterocycles. The largest absolute Gasteiger partial charge is 0.497 e. The highest BCUT2D eigenvalue weighted by atomic mass is 16.5. The topological polar surface area (TPSA) is 107 Å². The fourth-order valence-corrected chi connectivity index (χ4v) is 3.41. The molecular weight excluding hydrogens is 422 g/mol. The van der Waals surface area contributed by atoms with E-state index < -0.39 is 0 Å². The first kappa shape index (κ1) is 22.2. The minimum atomic E-state index is -0.147. The Bertz CT molecular complexity index is 1220. The maximum Gasteiger partial charge on any atom is 0.253 e. The van der Waals surface area contributed by atoms with E-state index in [4.69, 9.17) is 13.7 Å². The van der Waals surface area contributed by atoms with Gasteiger partial charge < -0.3 is 19.0 Å². The third-order valence-electron chi connectivity index (χ3n) is 5.12. The number of benzene rings is 2. The minimum absolute atomic E-state index is 0.147. The van der Waals surface area contributed by atoms with E-state index in [1.165, 1.54) is 0 Å². The molecule has 170 valence electrons. The zero-order chi connectivity index (χ0) is 23.2. The van der Waals surface area contributed by atoms with E-state index in [0.717, 1.165) is 5.56 Å². The summed E-state index contributed by atoms with van der Waals surface area (Å²) in [6, 6.07) is 16.9. The van der Waals surface area contributed by atoms with Crippen molar-refractivity contribution in [1.82, 2.24) is 20.3 Å². The number of hydrogen-bond donors (Lipinski definition) is 1. The highest BCUT2D eigenvalue weighted by molar-refractivity contribution is 5.92. The van der Waals surface area contributed by atoms with Crippen LogP contribution >= 0.6 is 0 Å². The molecule has 9 nitrogen and oxygen atoms in total. The Morgan fingerprint density at radius 2 is 1.94 bits per heavy atom. The summed E-state index contributed by atoms with van der Waals surface area (Å²) in [6.07, 6.45) is 0. The predicted octanol–water partition coefficient (Wildman–Crippen LogP) is 4.17. The minimum Gasteiger partial charge on any atom is -0.497 e. The van der Waals surface area contributed by atoms with Gasteiger partial charge in [0, 0.05) is 17.3 Å².